The molecule has 142 valence electrons. The number of benzene rings is 1. The van der Waals surface area contributed by atoms with Crippen LogP contribution in [0, 0.1) is 6.92 Å². The number of nitrogens with one attached hydrogen (secondary N) is 1. The number of nitrogens with zero attached hydrogens (tertiary/aromatic N) is 2. The summed E-state index contributed by atoms with van der Waals surface area (Å²) in [6, 6.07) is 7.65. The van der Waals surface area contributed by atoms with E-state index in [0.717, 1.165) is 20.7 Å². The van der Waals surface area contributed by atoms with Crippen molar-refractivity contribution in [2.45, 2.75) is 26.3 Å². The predicted molar refractivity (Wildman–Crippen MR) is 108 cm³/mol. The second-order valence-electron chi connectivity index (χ2n) is 6.07. The molecule has 0 saturated heterocycles. The molecule has 0 bridgehead atoms. The fourth-order valence-corrected chi connectivity index (χ4v) is 3.84. The molecule has 2 heterocycles. The molecule has 27 heavy (non-hydrogen) atoms. The van der Waals surface area contributed by atoms with Gasteiger partial charge in [-0.1, -0.05) is 17.7 Å². The Morgan fingerprint density at radius 2 is 2.07 bits per heavy atom. The number of carbonyl (C=O) groups excluding carboxylic acids is 1. The zero-order valence-corrected chi connectivity index (χ0v) is 17.1. The van der Waals surface area contributed by atoms with Gasteiger partial charge >= 0.3 is 5.97 Å². The van der Waals surface area contributed by atoms with Crippen LogP contribution in [-0.2, 0) is 16.1 Å². The number of methoxy groups -OCH3 is 2. The smallest absolute Gasteiger partial charge is 0.316 e. The normalized spacial score (nSPS) is 12.0. The van der Waals surface area contributed by atoms with Gasteiger partial charge in [0.05, 0.1) is 24.6 Å². The Bertz CT molecular complexity index is 990. The van der Waals surface area contributed by atoms with Crippen LogP contribution in [0.5, 0.6) is 5.75 Å². The lowest BCUT2D eigenvalue weighted by Gasteiger charge is -2.12. The molecule has 2 aromatic heterocycles. The van der Waals surface area contributed by atoms with E-state index >= 15 is 0 Å². The highest BCUT2D eigenvalue weighted by atomic mass is 35.5. The Kier molecular flexibility index (Phi) is 5.82. The fourth-order valence-electron chi connectivity index (χ4n) is 2.67. The summed E-state index contributed by atoms with van der Waals surface area (Å²) >= 11 is 7.76. The number of rotatable bonds is 6. The van der Waals surface area contributed by atoms with Crippen LogP contribution in [0.1, 0.15) is 29.1 Å². The van der Waals surface area contributed by atoms with Gasteiger partial charge in [-0.3, -0.25) is 4.79 Å². The lowest BCUT2D eigenvalue weighted by Crippen LogP contribution is -2.15. The number of fused-ring (bicyclic) bond motifs is 1. The third kappa shape index (κ3) is 4.14. The Balaban J connectivity index is 1.92. The lowest BCUT2D eigenvalue weighted by molar-refractivity contribution is -0.142. The van der Waals surface area contributed by atoms with Gasteiger partial charge in [0, 0.05) is 11.4 Å². The Morgan fingerprint density at radius 1 is 1.30 bits per heavy atom. The Morgan fingerprint density at radius 3 is 2.74 bits per heavy atom. The van der Waals surface area contributed by atoms with Gasteiger partial charge in [0.15, 0.2) is 0 Å². The molecule has 0 radical (unpaired) electrons. The quantitative estimate of drug-likeness (QED) is 0.606. The minimum absolute atomic E-state index is 0.365. The summed E-state index contributed by atoms with van der Waals surface area (Å²) in [6.07, 6.45) is 0. The fraction of sp³-hybridized carbons (Fsp3) is 0.316. The van der Waals surface area contributed by atoms with Crippen molar-refractivity contribution < 1.29 is 14.3 Å². The zero-order valence-electron chi connectivity index (χ0n) is 15.5. The van der Waals surface area contributed by atoms with Crippen LogP contribution in [0.15, 0.2) is 24.3 Å². The number of thiophene rings is 1. The summed E-state index contributed by atoms with van der Waals surface area (Å²) in [4.78, 5) is 23.0. The number of halogens is 1. The highest BCUT2D eigenvalue weighted by Gasteiger charge is 2.21. The first-order valence-corrected chi connectivity index (χ1v) is 9.54. The summed E-state index contributed by atoms with van der Waals surface area (Å²) in [5.74, 6) is 0.842. The van der Waals surface area contributed by atoms with E-state index < -0.39 is 5.92 Å². The van der Waals surface area contributed by atoms with Gasteiger partial charge in [0.1, 0.15) is 28.1 Å². The molecular weight excluding hydrogens is 386 g/mol. The average Bonchev–Trinajstić information content (AvgIpc) is 3.05. The molecule has 0 aliphatic heterocycles. The second kappa shape index (κ2) is 8.10. The maximum Gasteiger partial charge on any atom is 0.316 e. The molecule has 3 aromatic rings. The lowest BCUT2D eigenvalue weighted by atomic mass is 10.1. The first kappa shape index (κ1) is 19.4. The van der Waals surface area contributed by atoms with Crippen LogP contribution in [0.3, 0.4) is 0 Å². The van der Waals surface area contributed by atoms with Crippen molar-refractivity contribution in [3.8, 4) is 5.75 Å². The summed E-state index contributed by atoms with van der Waals surface area (Å²) in [6.45, 7) is 4.28. The minimum Gasteiger partial charge on any atom is -0.495 e. The molecule has 6 nitrogen and oxygen atoms in total. The van der Waals surface area contributed by atoms with E-state index in [1.165, 1.54) is 7.11 Å². The van der Waals surface area contributed by atoms with E-state index in [9.17, 15) is 4.79 Å². The van der Waals surface area contributed by atoms with Crippen molar-refractivity contribution in [3.63, 3.8) is 0 Å². The first-order valence-electron chi connectivity index (χ1n) is 8.35. The monoisotopic (exact) mass is 405 g/mol. The second-order valence-corrected chi connectivity index (χ2v) is 7.72. The maximum absolute atomic E-state index is 11.9. The van der Waals surface area contributed by atoms with Gasteiger partial charge in [0.25, 0.3) is 0 Å². The first-order chi connectivity index (χ1) is 12.9. The minimum atomic E-state index is -0.544. The topological polar surface area (TPSA) is 73.3 Å². The van der Waals surface area contributed by atoms with Gasteiger partial charge in [0.2, 0.25) is 0 Å². The summed E-state index contributed by atoms with van der Waals surface area (Å²) in [5, 5.41) is 4.82. The van der Waals surface area contributed by atoms with Gasteiger partial charge in [-0.15, -0.1) is 11.3 Å². The predicted octanol–water partition coefficient (Wildman–Crippen LogP) is 4.55. The summed E-state index contributed by atoms with van der Waals surface area (Å²) < 4.78 is 10.0. The van der Waals surface area contributed by atoms with Crippen molar-refractivity contribution in [2.75, 3.05) is 19.5 Å². The molecule has 0 spiro atoms. The molecule has 0 aliphatic rings. The van der Waals surface area contributed by atoms with Crippen LogP contribution in [0.25, 0.3) is 10.2 Å². The zero-order chi connectivity index (χ0) is 19.6. The molecule has 0 aliphatic carbocycles. The highest BCUT2D eigenvalue weighted by molar-refractivity contribution is 7.18. The molecular formula is C19H20ClN3O3S. The number of anilines is 1. The van der Waals surface area contributed by atoms with Crippen molar-refractivity contribution in [1.82, 2.24) is 9.97 Å². The van der Waals surface area contributed by atoms with Crippen molar-refractivity contribution in [1.29, 1.82) is 0 Å². The van der Waals surface area contributed by atoms with E-state index in [2.05, 4.69) is 15.3 Å². The summed E-state index contributed by atoms with van der Waals surface area (Å²) in [7, 11) is 2.94. The number of aryl methyl sites for hydroxylation is 1. The number of hydrogen-bond acceptors (Lipinski definition) is 7. The molecule has 0 amide bonds. The van der Waals surface area contributed by atoms with E-state index in [1.54, 1.807) is 25.4 Å². The number of aromatic nitrogens is 2. The molecule has 1 unspecified atom stereocenters. The van der Waals surface area contributed by atoms with E-state index in [0.29, 0.717) is 29.0 Å². The van der Waals surface area contributed by atoms with Crippen LogP contribution in [0.4, 0.5) is 5.82 Å². The third-order valence-electron chi connectivity index (χ3n) is 4.15. The molecule has 8 heteroatoms. The largest absolute Gasteiger partial charge is 0.495 e. The van der Waals surface area contributed by atoms with Crippen molar-refractivity contribution in [2.24, 2.45) is 0 Å². The van der Waals surface area contributed by atoms with Crippen LogP contribution >= 0.6 is 22.9 Å². The van der Waals surface area contributed by atoms with Crippen LogP contribution < -0.4 is 10.1 Å². The molecule has 1 atom stereocenters. The van der Waals surface area contributed by atoms with Gasteiger partial charge in [-0.25, -0.2) is 9.97 Å². The molecule has 0 saturated carbocycles. The molecule has 3 rings (SSSR count). The van der Waals surface area contributed by atoms with Crippen molar-refractivity contribution >= 4 is 44.9 Å². The highest BCUT2D eigenvalue weighted by Crippen LogP contribution is 2.31. The summed E-state index contributed by atoms with van der Waals surface area (Å²) in [5.41, 5.74) is 0.988. The molecule has 0 fully saturated rings. The number of esters is 1. The Labute approximate surface area is 166 Å². The number of ether oxygens (including phenoxy) is 2. The van der Waals surface area contributed by atoms with E-state index in [4.69, 9.17) is 21.1 Å². The standard InChI is InChI=1S/C19H20ClN3O3S/c1-10-7-13-17(21-9-12-5-6-15(25-3)14(20)8-12)22-16(23-18(13)27-10)11(2)19(24)26-4/h5-8,11H,9H2,1-4H3,(H,21,22,23). The Hall–Kier alpha value is -2.38. The van der Waals surface area contributed by atoms with Crippen LogP contribution in [-0.4, -0.2) is 30.2 Å². The third-order valence-corrected chi connectivity index (χ3v) is 5.39. The van der Waals surface area contributed by atoms with Gasteiger partial charge in [-0.2, -0.15) is 0 Å². The SMILES string of the molecule is COC(=O)C(C)c1nc(NCc2ccc(OC)c(Cl)c2)c2cc(C)sc2n1. The molecule has 1 aromatic carbocycles. The van der Waals surface area contributed by atoms with Crippen molar-refractivity contribution in [3.05, 3.63) is 45.6 Å². The van der Waals surface area contributed by atoms with Crippen LogP contribution in [0.2, 0.25) is 5.02 Å². The van der Waals surface area contributed by atoms with E-state index in [-0.39, 0.29) is 5.97 Å². The van der Waals surface area contributed by atoms with Gasteiger partial charge in [-0.05, 0) is 37.6 Å². The number of carbonyl (C=O) groups is 1. The van der Waals surface area contributed by atoms with Gasteiger partial charge < -0.3 is 14.8 Å². The number of hydrogen-bond donors (Lipinski definition) is 1. The average molecular weight is 406 g/mol. The van der Waals surface area contributed by atoms with E-state index in [1.807, 2.05) is 31.2 Å². The maximum atomic E-state index is 11.9. The molecule has 1 N–H and O–H groups in total.